The molecule has 0 radical (unpaired) electrons. The molecule has 1 unspecified atom stereocenters. The highest BCUT2D eigenvalue weighted by Gasteiger charge is 2.41. The van der Waals surface area contributed by atoms with Crippen LogP contribution in [0.2, 0.25) is 0 Å². The number of rotatable bonds is 8. The maximum Gasteiger partial charge on any atom is 0.311 e. The fraction of sp³-hybridized carbons (Fsp3) is 0.625. The zero-order valence-electron chi connectivity index (χ0n) is 13.2. The van der Waals surface area contributed by atoms with Crippen LogP contribution in [-0.2, 0) is 22.6 Å². The van der Waals surface area contributed by atoms with Crippen molar-refractivity contribution in [1.29, 1.82) is 0 Å². The Hall–Kier alpha value is -1.66. The number of imidazole rings is 1. The molecule has 22 heavy (non-hydrogen) atoms. The molecule has 1 aliphatic heterocycles. The van der Waals surface area contributed by atoms with E-state index in [1.54, 1.807) is 19.5 Å². The summed E-state index contributed by atoms with van der Waals surface area (Å²) in [5, 5.41) is 9.63. The van der Waals surface area contributed by atoms with E-state index in [0.717, 1.165) is 31.7 Å². The molecule has 6 nitrogen and oxygen atoms in total. The Morgan fingerprint density at radius 2 is 2.45 bits per heavy atom. The van der Waals surface area contributed by atoms with Crippen LogP contribution in [0.5, 0.6) is 0 Å². The van der Waals surface area contributed by atoms with Crippen molar-refractivity contribution in [3.8, 4) is 0 Å². The number of hydrogen-bond acceptors (Lipinski definition) is 4. The summed E-state index contributed by atoms with van der Waals surface area (Å²) in [6.45, 7) is 7.31. The Kier molecular flexibility index (Phi) is 5.74. The highest BCUT2D eigenvalue weighted by Crippen LogP contribution is 2.34. The summed E-state index contributed by atoms with van der Waals surface area (Å²) in [5.74, 6) is -0.718. The fourth-order valence-electron chi connectivity index (χ4n) is 3.17. The predicted molar refractivity (Wildman–Crippen MR) is 83.5 cm³/mol. The SMILES string of the molecule is C=CCC1(C(=O)O)CCCN(Cc2cncn2CCOC)C1. The quantitative estimate of drug-likeness (QED) is 0.741. The largest absolute Gasteiger partial charge is 0.481 e. The maximum atomic E-state index is 11.7. The Balaban J connectivity index is 2.05. The molecular formula is C16H25N3O3. The highest BCUT2D eigenvalue weighted by molar-refractivity contribution is 5.75. The van der Waals surface area contributed by atoms with Crippen LogP contribution in [0.1, 0.15) is 25.0 Å². The van der Waals surface area contributed by atoms with Crippen LogP contribution < -0.4 is 0 Å². The summed E-state index contributed by atoms with van der Waals surface area (Å²) in [4.78, 5) is 18.1. The minimum absolute atomic E-state index is 0.516. The number of hydrogen-bond donors (Lipinski definition) is 1. The maximum absolute atomic E-state index is 11.7. The van der Waals surface area contributed by atoms with Gasteiger partial charge in [0.25, 0.3) is 0 Å². The van der Waals surface area contributed by atoms with Crippen molar-refractivity contribution in [3.63, 3.8) is 0 Å². The zero-order chi connectivity index (χ0) is 16.0. The summed E-state index contributed by atoms with van der Waals surface area (Å²) in [5.41, 5.74) is 0.397. The van der Waals surface area contributed by atoms with Crippen LogP contribution in [0.25, 0.3) is 0 Å². The number of aromatic nitrogens is 2. The van der Waals surface area contributed by atoms with Crippen molar-refractivity contribution >= 4 is 5.97 Å². The van der Waals surface area contributed by atoms with E-state index >= 15 is 0 Å². The van der Waals surface area contributed by atoms with E-state index in [4.69, 9.17) is 4.74 Å². The van der Waals surface area contributed by atoms with Gasteiger partial charge in [-0.25, -0.2) is 4.98 Å². The van der Waals surface area contributed by atoms with Crippen LogP contribution in [-0.4, -0.2) is 52.3 Å². The number of ether oxygens (including phenoxy) is 1. The van der Waals surface area contributed by atoms with Crippen molar-refractivity contribution in [1.82, 2.24) is 14.5 Å². The summed E-state index contributed by atoms with van der Waals surface area (Å²) in [6, 6.07) is 0. The van der Waals surface area contributed by atoms with Gasteiger partial charge >= 0.3 is 5.97 Å². The predicted octanol–water partition coefficient (Wildman–Crippen LogP) is 1.77. The molecule has 1 saturated heterocycles. The molecule has 2 rings (SSSR count). The van der Waals surface area contributed by atoms with Gasteiger partial charge in [-0.1, -0.05) is 6.08 Å². The molecule has 1 atom stereocenters. The van der Waals surface area contributed by atoms with E-state index in [9.17, 15) is 9.90 Å². The third kappa shape index (κ3) is 3.75. The second-order valence-corrected chi connectivity index (χ2v) is 5.96. The van der Waals surface area contributed by atoms with E-state index in [1.807, 2.05) is 6.20 Å². The van der Waals surface area contributed by atoms with Crippen LogP contribution in [0.15, 0.2) is 25.2 Å². The number of carbonyl (C=O) groups is 1. The number of allylic oxidation sites excluding steroid dienone is 1. The minimum atomic E-state index is -0.718. The Morgan fingerprint density at radius 3 is 3.14 bits per heavy atom. The van der Waals surface area contributed by atoms with Gasteiger partial charge in [-0.2, -0.15) is 0 Å². The standard InChI is InChI=1S/C16H25N3O3/c1-3-5-16(15(20)21)6-4-7-18(12-16)11-14-10-17-13-19(14)8-9-22-2/h3,10,13H,1,4-9,11-12H2,2H3,(H,20,21). The Bertz CT molecular complexity index is 514. The van der Waals surface area contributed by atoms with Crippen molar-refractivity contribution in [2.45, 2.75) is 32.4 Å². The molecule has 1 fully saturated rings. The van der Waals surface area contributed by atoms with E-state index in [-0.39, 0.29) is 0 Å². The van der Waals surface area contributed by atoms with Gasteiger partial charge in [0.1, 0.15) is 0 Å². The molecule has 0 bridgehead atoms. The lowest BCUT2D eigenvalue weighted by Crippen LogP contribution is -2.47. The first kappa shape index (κ1) is 16.7. The molecular weight excluding hydrogens is 282 g/mol. The third-order valence-corrected chi connectivity index (χ3v) is 4.37. The second kappa shape index (κ2) is 7.56. The van der Waals surface area contributed by atoms with Gasteiger partial charge < -0.3 is 14.4 Å². The number of carboxylic acid groups (broad SMARTS) is 1. The van der Waals surface area contributed by atoms with Gasteiger partial charge in [0.15, 0.2) is 0 Å². The number of likely N-dealkylation sites (tertiary alicyclic amines) is 1. The van der Waals surface area contributed by atoms with E-state index < -0.39 is 11.4 Å². The summed E-state index contributed by atoms with van der Waals surface area (Å²) >= 11 is 0. The molecule has 1 aliphatic rings. The number of carboxylic acids is 1. The zero-order valence-corrected chi connectivity index (χ0v) is 13.2. The first-order chi connectivity index (χ1) is 10.6. The average Bonchev–Trinajstić information content (AvgIpc) is 2.93. The molecule has 122 valence electrons. The Morgan fingerprint density at radius 1 is 1.64 bits per heavy atom. The summed E-state index contributed by atoms with van der Waals surface area (Å²) < 4.78 is 7.17. The van der Waals surface area contributed by atoms with Crippen molar-refractivity contribution < 1.29 is 14.6 Å². The average molecular weight is 307 g/mol. The molecule has 0 aliphatic carbocycles. The molecule has 0 amide bonds. The fourth-order valence-corrected chi connectivity index (χ4v) is 3.17. The van der Waals surface area contributed by atoms with Crippen molar-refractivity contribution in [3.05, 3.63) is 30.9 Å². The summed E-state index contributed by atoms with van der Waals surface area (Å²) in [7, 11) is 1.68. The van der Waals surface area contributed by atoms with E-state index in [1.165, 1.54) is 0 Å². The van der Waals surface area contributed by atoms with Crippen LogP contribution in [0, 0.1) is 5.41 Å². The van der Waals surface area contributed by atoms with E-state index in [2.05, 4.69) is 21.0 Å². The van der Waals surface area contributed by atoms with Gasteiger partial charge in [-0.05, 0) is 25.8 Å². The van der Waals surface area contributed by atoms with Gasteiger partial charge in [-0.3, -0.25) is 9.69 Å². The van der Waals surface area contributed by atoms with Crippen molar-refractivity contribution in [2.24, 2.45) is 5.41 Å². The van der Waals surface area contributed by atoms with Gasteiger partial charge in [0, 0.05) is 32.9 Å². The molecule has 1 aromatic heterocycles. The number of nitrogens with zero attached hydrogens (tertiary/aromatic N) is 3. The molecule has 6 heteroatoms. The summed E-state index contributed by atoms with van der Waals surface area (Å²) in [6.07, 6.45) is 7.50. The van der Waals surface area contributed by atoms with Crippen LogP contribution >= 0.6 is 0 Å². The molecule has 1 N–H and O–H groups in total. The van der Waals surface area contributed by atoms with Gasteiger partial charge in [-0.15, -0.1) is 6.58 Å². The van der Waals surface area contributed by atoms with Gasteiger partial charge in [0.2, 0.25) is 0 Å². The highest BCUT2D eigenvalue weighted by atomic mass is 16.5. The topological polar surface area (TPSA) is 67.6 Å². The molecule has 0 spiro atoms. The smallest absolute Gasteiger partial charge is 0.311 e. The van der Waals surface area contributed by atoms with Crippen LogP contribution in [0.4, 0.5) is 0 Å². The first-order valence-corrected chi connectivity index (χ1v) is 7.66. The number of aliphatic carboxylic acids is 1. The minimum Gasteiger partial charge on any atom is -0.481 e. The lowest BCUT2D eigenvalue weighted by molar-refractivity contribution is -0.152. The number of methoxy groups -OCH3 is 1. The van der Waals surface area contributed by atoms with Gasteiger partial charge in [0.05, 0.1) is 24.0 Å². The monoisotopic (exact) mass is 307 g/mol. The molecule has 2 heterocycles. The van der Waals surface area contributed by atoms with E-state index in [0.29, 0.717) is 26.0 Å². The van der Waals surface area contributed by atoms with Crippen molar-refractivity contribution in [2.75, 3.05) is 26.8 Å². The molecule has 1 aromatic rings. The number of piperidine rings is 1. The third-order valence-electron chi connectivity index (χ3n) is 4.37. The molecule has 0 aromatic carbocycles. The second-order valence-electron chi connectivity index (χ2n) is 5.96. The van der Waals surface area contributed by atoms with Crippen LogP contribution in [0.3, 0.4) is 0 Å². The first-order valence-electron chi connectivity index (χ1n) is 7.66. The lowest BCUT2D eigenvalue weighted by Gasteiger charge is -2.39. The Labute approximate surface area is 131 Å². The lowest BCUT2D eigenvalue weighted by atomic mass is 9.77. The normalized spacial score (nSPS) is 22.6. The molecule has 0 saturated carbocycles.